The number of rotatable bonds is 7. The van der Waals surface area contributed by atoms with E-state index in [-0.39, 0.29) is 0 Å². The molecule has 1 atom stereocenters. The molecule has 0 bridgehead atoms. The van der Waals surface area contributed by atoms with Crippen LogP contribution in [-0.4, -0.2) is 11.1 Å². The van der Waals surface area contributed by atoms with Crippen molar-refractivity contribution in [1.82, 2.24) is 0 Å². The Morgan fingerprint density at radius 1 is 1.25 bits per heavy atom. The summed E-state index contributed by atoms with van der Waals surface area (Å²) in [6, 6.07) is 8.35. The maximum atomic E-state index is 11.5. The van der Waals surface area contributed by atoms with Gasteiger partial charge in [0.2, 0.25) is 0 Å². The first-order valence-electron chi connectivity index (χ1n) is 7.94. The molecule has 0 amide bonds. The van der Waals surface area contributed by atoms with Gasteiger partial charge in [0.05, 0.1) is 5.41 Å². The Hall–Kier alpha value is -1.31. The van der Waals surface area contributed by atoms with Gasteiger partial charge in [0.25, 0.3) is 0 Å². The van der Waals surface area contributed by atoms with Gasteiger partial charge in [-0.1, -0.05) is 63.8 Å². The lowest BCUT2D eigenvalue weighted by Gasteiger charge is -2.38. The van der Waals surface area contributed by atoms with Crippen LogP contribution in [0, 0.1) is 0 Å². The van der Waals surface area contributed by atoms with Crippen molar-refractivity contribution in [3.63, 3.8) is 0 Å². The van der Waals surface area contributed by atoms with Gasteiger partial charge in [0, 0.05) is 0 Å². The lowest BCUT2D eigenvalue weighted by atomic mass is 9.64. The zero-order valence-electron chi connectivity index (χ0n) is 12.7. The van der Waals surface area contributed by atoms with Gasteiger partial charge in [-0.2, -0.15) is 0 Å². The van der Waals surface area contributed by atoms with Crippen LogP contribution in [-0.2, 0) is 10.2 Å². The van der Waals surface area contributed by atoms with E-state index in [9.17, 15) is 9.90 Å². The Morgan fingerprint density at radius 2 is 1.90 bits per heavy atom. The molecule has 1 fully saturated rings. The second-order valence-electron chi connectivity index (χ2n) is 6.26. The third-order valence-electron chi connectivity index (χ3n) is 4.89. The Labute approximate surface area is 122 Å². The van der Waals surface area contributed by atoms with Crippen molar-refractivity contribution < 1.29 is 9.90 Å². The molecule has 20 heavy (non-hydrogen) atoms. The van der Waals surface area contributed by atoms with Crippen LogP contribution < -0.4 is 0 Å². The minimum Gasteiger partial charge on any atom is -0.481 e. The summed E-state index contributed by atoms with van der Waals surface area (Å²) in [5, 5.41) is 9.46. The number of unbranched alkanes of at least 4 members (excludes halogenated alkanes) is 2. The quantitative estimate of drug-likeness (QED) is 0.720. The molecule has 2 rings (SSSR count). The van der Waals surface area contributed by atoms with E-state index in [1.54, 1.807) is 0 Å². The predicted octanol–water partition coefficient (Wildman–Crippen LogP) is 4.88. The maximum Gasteiger partial charge on any atom is 0.314 e. The third kappa shape index (κ3) is 2.89. The van der Waals surface area contributed by atoms with Crippen LogP contribution in [0.1, 0.15) is 75.8 Å². The van der Waals surface area contributed by atoms with Crippen molar-refractivity contribution in [3.05, 3.63) is 35.4 Å². The molecule has 1 unspecified atom stereocenters. The molecular weight excluding hydrogens is 248 g/mol. The first-order chi connectivity index (χ1) is 9.60. The van der Waals surface area contributed by atoms with Crippen LogP contribution in [0.3, 0.4) is 0 Å². The van der Waals surface area contributed by atoms with Crippen LogP contribution in [0.25, 0.3) is 0 Å². The standard InChI is InChI=1S/C18H26O2/c1-3-4-5-7-14(2)15-8-10-16(11-9-15)18(17(19)20)12-6-13-18/h8-11,14H,3-7,12-13H2,1-2H3,(H,19,20). The highest BCUT2D eigenvalue weighted by molar-refractivity contribution is 5.82. The van der Waals surface area contributed by atoms with Crippen LogP contribution in [0.5, 0.6) is 0 Å². The van der Waals surface area contributed by atoms with Crippen LogP contribution in [0.4, 0.5) is 0 Å². The van der Waals surface area contributed by atoms with E-state index in [2.05, 4.69) is 26.0 Å². The first kappa shape index (κ1) is 15.1. The first-order valence-corrected chi connectivity index (χ1v) is 7.94. The molecule has 1 aromatic carbocycles. The molecule has 1 aliphatic rings. The fourth-order valence-corrected chi connectivity index (χ4v) is 3.15. The topological polar surface area (TPSA) is 37.3 Å². The monoisotopic (exact) mass is 274 g/mol. The lowest BCUT2D eigenvalue weighted by Crippen LogP contribution is -2.42. The fourth-order valence-electron chi connectivity index (χ4n) is 3.15. The molecule has 0 aromatic heterocycles. The van der Waals surface area contributed by atoms with Crippen molar-refractivity contribution in [2.24, 2.45) is 0 Å². The summed E-state index contributed by atoms with van der Waals surface area (Å²) in [6.45, 7) is 4.49. The van der Waals surface area contributed by atoms with Gasteiger partial charge in [0.15, 0.2) is 0 Å². The number of carboxylic acids is 1. The van der Waals surface area contributed by atoms with Crippen LogP contribution in [0.2, 0.25) is 0 Å². The lowest BCUT2D eigenvalue weighted by molar-refractivity contribution is -0.147. The minimum absolute atomic E-state index is 0.567. The average molecular weight is 274 g/mol. The van der Waals surface area contributed by atoms with E-state index < -0.39 is 11.4 Å². The van der Waals surface area contributed by atoms with E-state index in [1.807, 2.05) is 12.1 Å². The van der Waals surface area contributed by atoms with Gasteiger partial charge in [-0.25, -0.2) is 0 Å². The van der Waals surface area contributed by atoms with Gasteiger partial charge in [-0.15, -0.1) is 0 Å². The average Bonchev–Trinajstić information content (AvgIpc) is 2.38. The summed E-state index contributed by atoms with van der Waals surface area (Å²) in [7, 11) is 0. The summed E-state index contributed by atoms with van der Waals surface area (Å²) in [6.07, 6.45) is 7.65. The van der Waals surface area contributed by atoms with Crippen molar-refractivity contribution in [2.45, 2.75) is 70.1 Å². The van der Waals surface area contributed by atoms with Crippen molar-refractivity contribution in [3.8, 4) is 0 Å². The van der Waals surface area contributed by atoms with E-state index in [0.717, 1.165) is 24.8 Å². The highest BCUT2D eigenvalue weighted by atomic mass is 16.4. The number of carbonyl (C=O) groups is 1. The number of hydrogen-bond donors (Lipinski definition) is 1. The number of benzene rings is 1. The van der Waals surface area contributed by atoms with Crippen molar-refractivity contribution in [2.75, 3.05) is 0 Å². The molecular formula is C18H26O2. The predicted molar refractivity (Wildman–Crippen MR) is 82.2 cm³/mol. The molecule has 0 aliphatic heterocycles. The normalized spacial score (nSPS) is 18.3. The van der Waals surface area contributed by atoms with Crippen molar-refractivity contribution in [1.29, 1.82) is 0 Å². The molecule has 0 spiro atoms. The zero-order chi connectivity index (χ0) is 14.6. The number of carboxylic acid groups (broad SMARTS) is 1. The molecule has 1 aromatic rings. The summed E-state index contributed by atoms with van der Waals surface area (Å²) < 4.78 is 0. The Morgan fingerprint density at radius 3 is 2.35 bits per heavy atom. The van der Waals surface area contributed by atoms with Gasteiger partial charge in [0.1, 0.15) is 0 Å². The summed E-state index contributed by atoms with van der Waals surface area (Å²) >= 11 is 0. The molecule has 0 heterocycles. The van der Waals surface area contributed by atoms with Crippen LogP contribution in [0.15, 0.2) is 24.3 Å². The molecule has 0 saturated heterocycles. The molecule has 1 N–H and O–H groups in total. The second kappa shape index (κ2) is 6.43. The van der Waals surface area contributed by atoms with E-state index in [4.69, 9.17) is 0 Å². The van der Waals surface area contributed by atoms with Gasteiger partial charge in [-0.05, 0) is 36.3 Å². The Kier molecular flexibility index (Phi) is 4.85. The Balaban J connectivity index is 2.04. The second-order valence-corrected chi connectivity index (χ2v) is 6.26. The van der Waals surface area contributed by atoms with Crippen LogP contribution >= 0.6 is 0 Å². The summed E-state index contributed by atoms with van der Waals surface area (Å²) in [5.74, 6) is -0.0923. The largest absolute Gasteiger partial charge is 0.481 e. The van der Waals surface area contributed by atoms with E-state index in [1.165, 1.54) is 31.2 Å². The van der Waals surface area contributed by atoms with E-state index in [0.29, 0.717) is 5.92 Å². The van der Waals surface area contributed by atoms with Crippen molar-refractivity contribution >= 4 is 5.97 Å². The summed E-state index contributed by atoms with van der Waals surface area (Å²) in [5.41, 5.74) is 1.73. The molecule has 2 heteroatoms. The number of aliphatic carboxylic acids is 1. The smallest absolute Gasteiger partial charge is 0.314 e. The molecule has 1 saturated carbocycles. The van der Waals surface area contributed by atoms with E-state index >= 15 is 0 Å². The number of hydrogen-bond acceptors (Lipinski definition) is 1. The maximum absolute atomic E-state index is 11.5. The third-order valence-corrected chi connectivity index (χ3v) is 4.89. The highest BCUT2D eigenvalue weighted by Gasteiger charge is 2.45. The summed E-state index contributed by atoms with van der Waals surface area (Å²) in [4.78, 5) is 11.5. The fraction of sp³-hybridized carbons (Fsp3) is 0.611. The van der Waals surface area contributed by atoms with Gasteiger partial charge in [-0.3, -0.25) is 4.79 Å². The molecule has 1 aliphatic carbocycles. The van der Waals surface area contributed by atoms with Gasteiger partial charge >= 0.3 is 5.97 Å². The highest BCUT2D eigenvalue weighted by Crippen LogP contribution is 2.44. The zero-order valence-corrected chi connectivity index (χ0v) is 12.7. The van der Waals surface area contributed by atoms with Gasteiger partial charge < -0.3 is 5.11 Å². The molecule has 110 valence electrons. The minimum atomic E-state index is -0.660. The SMILES string of the molecule is CCCCCC(C)c1ccc(C2(C(=O)O)CCC2)cc1. The molecule has 0 radical (unpaired) electrons. The molecule has 2 nitrogen and oxygen atoms in total. The Bertz CT molecular complexity index is 443.